The number of rotatable bonds is 5. The summed E-state index contributed by atoms with van der Waals surface area (Å²) in [5, 5.41) is 4.09. The van der Waals surface area contributed by atoms with Gasteiger partial charge in [0.05, 0.1) is 25.4 Å². The number of morpholine rings is 1. The van der Waals surface area contributed by atoms with Crippen molar-refractivity contribution in [1.29, 1.82) is 0 Å². The molecule has 1 aromatic carbocycles. The van der Waals surface area contributed by atoms with Crippen LogP contribution >= 0.6 is 0 Å². The average molecular weight is 386 g/mol. The fourth-order valence-electron chi connectivity index (χ4n) is 4.75. The zero-order valence-electron chi connectivity index (χ0n) is 17.2. The van der Waals surface area contributed by atoms with E-state index in [2.05, 4.69) is 34.8 Å². The smallest absolute Gasteiger partial charge is 0.253 e. The van der Waals surface area contributed by atoms with Gasteiger partial charge in [0.2, 0.25) is 0 Å². The Balaban J connectivity index is 1.64. The summed E-state index contributed by atoms with van der Waals surface area (Å²) in [5.41, 5.74) is 2.95. The van der Waals surface area contributed by atoms with Gasteiger partial charge < -0.3 is 24.3 Å². The van der Waals surface area contributed by atoms with Gasteiger partial charge in [-0.15, -0.1) is 0 Å². The van der Waals surface area contributed by atoms with Crippen molar-refractivity contribution < 1.29 is 14.3 Å². The van der Waals surface area contributed by atoms with Crippen molar-refractivity contribution >= 4 is 16.8 Å². The quantitative estimate of drug-likeness (QED) is 0.859. The predicted octanol–water partition coefficient (Wildman–Crippen LogP) is 3.13. The fourth-order valence-corrected chi connectivity index (χ4v) is 4.75. The highest BCUT2D eigenvalue weighted by molar-refractivity contribution is 6.08. The molecule has 2 aliphatic rings. The van der Waals surface area contributed by atoms with Gasteiger partial charge in [-0.25, -0.2) is 0 Å². The van der Waals surface area contributed by atoms with E-state index in [1.54, 1.807) is 7.11 Å². The van der Waals surface area contributed by atoms with Crippen LogP contribution in [0.5, 0.6) is 5.75 Å². The number of aromatic nitrogens is 1. The van der Waals surface area contributed by atoms with E-state index in [1.807, 2.05) is 12.1 Å². The van der Waals surface area contributed by atoms with E-state index in [0.29, 0.717) is 19.2 Å². The number of likely N-dealkylation sites (N-methyl/N-ethyl adjacent to an activating group) is 1. The van der Waals surface area contributed by atoms with Crippen molar-refractivity contribution in [3.63, 3.8) is 0 Å². The van der Waals surface area contributed by atoms with E-state index in [0.717, 1.165) is 41.0 Å². The number of methoxy groups -OCH3 is 1. The molecule has 0 bridgehead atoms. The Bertz CT molecular complexity index is 854. The molecule has 28 heavy (non-hydrogen) atoms. The minimum absolute atomic E-state index is 0.0238. The first kappa shape index (κ1) is 19.3. The topological polar surface area (TPSA) is 55.7 Å². The van der Waals surface area contributed by atoms with E-state index in [-0.39, 0.29) is 12.0 Å². The van der Waals surface area contributed by atoms with Gasteiger partial charge >= 0.3 is 0 Å². The number of carbonyl (C=O) groups is 1. The maximum Gasteiger partial charge on any atom is 0.253 e. The lowest BCUT2D eigenvalue weighted by molar-refractivity contribution is -0.0175. The van der Waals surface area contributed by atoms with Gasteiger partial charge in [0.1, 0.15) is 5.75 Å². The summed E-state index contributed by atoms with van der Waals surface area (Å²) in [6.45, 7) is 5.11. The minimum atomic E-state index is -0.0238. The maximum atomic E-state index is 13.2. The summed E-state index contributed by atoms with van der Waals surface area (Å²) in [4.78, 5) is 15.4. The van der Waals surface area contributed by atoms with Gasteiger partial charge in [-0.1, -0.05) is 12.8 Å². The van der Waals surface area contributed by atoms with Crippen LogP contribution < -0.4 is 10.1 Å². The first-order valence-corrected chi connectivity index (χ1v) is 10.4. The van der Waals surface area contributed by atoms with Crippen LogP contribution in [0.25, 0.3) is 10.9 Å². The lowest BCUT2D eigenvalue weighted by atomic mass is 10.1. The molecule has 1 saturated carbocycles. The average Bonchev–Trinajstić information content (AvgIpc) is 3.31. The zero-order valence-corrected chi connectivity index (χ0v) is 17.2. The molecule has 1 amide bonds. The van der Waals surface area contributed by atoms with Gasteiger partial charge in [-0.2, -0.15) is 0 Å². The molecule has 1 aromatic heterocycles. The zero-order chi connectivity index (χ0) is 19.7. The van der Waals surface area contributed by atoms with Crippen molar-refractivity contribution in [1.82, 2.24) is 14.8 Å². The Hall–Kier alpha value is -2.05. The molecule has 2 heterocycles. The third kappa shape index (κ3) is 3.63. The number of hydrogen-bond donors (Lipinski definition) is 1. The second kappa shape index (κ2) is 8.13. The van der Waals surface area contributed by atoms with Crippen LogP contribution in [0, 0.1) is 6.92 Å². The number of benzene rings is 1. The first-order chi connectivity index (χ1) is 13.6. The molecule has 6 heteroatoms. The van der Waals surface area contributed by atoms with E-state index in [4.69, 9.17) is 9.47 Å². The van der Waals surface area contributed by atoms with E-state index >= 15 is 0 Å². The molecule has 1 unspecified atom stereocenters. The summed E-state index contributed by atoms with van der Waals surface area (Å²) in [7, 11) is 3.75. The number of hydrogen-bond acceptors (Lipinski definition) is 4. The van der Waals surface area contributed by atoms with Crippen molar-refractivity contribution in [2.75, 3.05) is 40.4 Å². The largest absolute Gasteiger partial charge is 0.497 e. The second-order valence-electron chi connectivity index (χ2n) is 8.12. The van der Waals surface area contributed by atoms with Crippen LogP contribution in [0.3, 0.4) is 0 Å². The van der Waals surface area contributed by atoms with Gasteiger partial charge in [0, 0.05) is 42.3 Å². The number of fused-ring (bicyclic) bond motifs is 1. The van der Waals surface area contributed by atoms with Crippen LogP contribution in [0.1, 0.15) is 47.8 Å². The minimum Gasteiger partial charge on any atom is -0.497 e. The molecule has 152 valence electrons. The number of ether oxygens (including phenoxy) is 2. The summed E-state index contributed by atoms with van der Waals surface area (Å²) in [6.07, 6.45) is 4.92. The summed E-state index contributed by atoms with van der Waals surface area (Å²) in [5.74, 6) is 0.756. The maximum absolute atomic E-state index is 13.2. The molecule has 2 fully saturated rings. The predicted molar refractivity (Wildman–Crippen MR) is 110 cm³/mol. The van der Waals surface area contributed by atoms with Crippen molar-refractivity contribution in [3.05, 3.63) is 29.5 Å². The molecule has 1 aliphatic heterocycles. The third-order valence-corrected chi connectivity index (χ3v) is 6.20. The van der Waals surface area contributed by atoms with Gasteiger partial charge in [-0.3, -0.25) is 4.79 Å². The van der Waals surface area contributed by atoms with Crippen molar-refractivity contribution in [3.8, 4) is 5.75 Å². The molecule has 1 saturated heterocycles. The number of carbonyl (C=O) groups excluding carboxylic acids is 1. The number of nitrogens with zero attached hydrogens (tertiary/aromatic N) is 2. The second-order valence-corrected chi connectivity index (χ2v) is 8.12. The normalized spacial score (nSPS) is 21.3. The molecule has 1 aliphatic carbocycles. The number of nitrogens with one attached hydrogen (secondary N) is 1. The molecule has 0 radical (unpaired) electrons. The molecule has 0 spiro atoms. The van der Waals surface area contributed by atoms with E-state index in [1.165, 1.54) is 25.7 Å². The van der Waals surface area contributed by atoms with Crippen LogP contribution in [0.15, 0.2) is 18.2 Å². The standard InChI is InChI=1S/C22H31N3O3/c1-15-21(22(26)23-13-18-14-24(2)10-11-28-18)19-12-17(27-3)8-9-20(19)25(15)16-6-4-5-7-16/h8-9,12,16,18H,4-7,10-11,13-14H2,1-3H3,(H,23,26). The summed E-state index contributed by atoms with van der Waals surface area (Å²) < 4.78 is 13.6. The van der Waals surface area contributed by atoms with Crippen LogP contribution in [0.2, 0.25) is 0 Å². The van der Waals surface area contributed by atoms with Gasteiger partial charge in [0.25, 0.3) is 5.91 Å². The van der Waals surface area contributed by atoms with Crippen LogP contribution in [-0.2, 0) is 4.74 Å². The van der Waals surface area contributed by atoms with Crippen molar-refractivity contribution in [2.45, 2.75) is 44.8 Å². The Morgan fingerprint density at radius 2 is 2.11 bits per heavy atom. The SMILES string of the molecule is COc1ccc2c(c1)c(C(=O)NCC1CN(C)CCO1)c(C)n2C1CCCC1. The molecule has 1 atom stereocenters. The lowest BCUT2D eigenvalue weighted by Crippen LogP contribution is -2.46. The summed E-state index contributed by atoms with van der Waals surface area (Å²) >= 11 is 0. The Kier molecular flexibility index (Phi) is 5.60. The highest BCUT2D eigenvalue weighted by Crippen LogP contribution is 2.38. The van der Waals surface area contributed by atoms with Gasteiger partial charge in [0.15, 0.2) is 0 Å². The molecule has 2 aromatic rings. The molecule has 1 N–H and O–H groups in total. The van der Waals surface area contributed by atoms with Crippen LogP contribution in [-0.4, -0.2) is 61.9 Å². The molecule has 4 rings (SSSR count). The fraction of sp³-hybridized carbons (Fsp3) is 0.591. The summed E-state index contributed by atoms with van der Waals surface area (Å²) in [6, 6.07) is 6.55. The Morgan fingerprint density at radius 1 is 1.32 bits per heavy atom. The molecular formula is C22H31N3O3. The molecule has 6 nitrogen and oxygen atoms in total. The van der Waals surface area contributed by atoms with Crippen LogP contribution in [0.4, 0.5) is 0 Å². The Labute approximate surface area is 166 Å². The molecular weight excluding hydrogens is 354 g/mol. The third-order valence-electron chi connectivity index (χ3n) is 6.20. The monoisotopic (exact) mass is 385 g/mol. The van der Waals surface area contributed by atoms with Crippen molar-refractivity contribution in [2.24, 2.45) is 0 Å². The highest BCUT2D eigenvalue weighted by atomic mass is 16.5. The highest BCUT2D eigenvalue weighted by Gasteiger charge is 2.27. The van der Waals surface area contributed by atoms with E-state index in [9.17, 15) is 4.79 Å². The lowest BCUT2D eigenvalue weighted by Gasteiger charge is -2.30. The van der Waals surface area contributed by atoms with E-state index < -0.39 is 0 Å². The van der Waals surface area contributed by atoms with Gasteiger partial charge in [-0.05, 0) is 45.0 Å². The Morgan fingerprint density at radius 3 is 2.82 bits per heavy atom. The first-order valence-electron chi connectivity index (χ1n) is 10.4. The number of amides is 1.